The molecule has 1 saturated heterocycles. The Morgan fingerprint density at radius 2 is 2.35 bits per heavy atom. The minimum Gasteiger partial charge on any atom is -0.391 e. The van der Waals surface area contributed by atoms with Gasteiger partial charge >= 0.3 is 5.69 Å². The van der Waals surface area contributed by atoms with Gasteiger partial charge in [0.1, 0.15) is 6.10 Å². The van der Waals surface area contributed by atoms with E-state index in [9.17, 15) is 9.59 Å². The number of aliphatic hydroxyl groups excluding tert-OH is 1. The maximum atomic E-state index is 11.5. The van der Waals surface area contributed by atoms with Crippen molar-refractivity contribution >= 4 is 0 Å². The number of ether oxygens (including phenoxy) is 2. The molecular weight excluding hydrogens is 228 g/mol. The van der Waals surface area contributed by atoms with Crippen LogP contribution in [0.3, 0.4) is 0 Å². The lowest BCUT2D eigenvalue weighted by Gasteiger charge is -2.11. The molecule has 1 aromatic rings. The molecule has 17 heavy (non-hydrogen) atoms. The first-order valence-corrected chi connectivity index (χ1v) is 5.28. The Labute approximate surface area is 96.6 Å². The molecule has 0 amide bonds. The lowest BCUT2D eigenvalue weighted by Crippen LogP contribution is -2.34. The largest absolute Gasteiger partial charge is 0.391 e. The van der Waals surface area contributed by atoms with Gasteiger partial charge in [0.15, 0.2) is 6.29 Å². The first-order valence-electron chi connectivity index (χ1n) is 5.28. The van der Waals surface area contributed by atoms with Crippen molar-refractivity contribution in [3.8, 4) is 0 Å². The summed E-state index contributed by atoms with van der Waals surface area (Å²) in [5, 5.41) is 8.82. The number of hydrogen-bond acceptors (Lipinski definition) is 5. The Hall–Kier alpha value is -1.44. The fourth-order valence-electron chi connectivity index (χ4n) is 1.67. The standard InChI is InChI=1S/C10H14N2O5/c1-6-2-12(10(15)11-9(6)14)3-7-5-16-8(4-13)17-7/h2,7-8,13H,3-5H2,1H3,(H,11,14,15)/t7-,8-/m1/s1. The molecule has 94 valence electrons. The molecule has 1 aliphatic heterocycles. The van der Waals surface area contributed by atoms with Crippen molar-refractivity contribution < 1.29 is 14.6 Å². The molecule has 0 saturated carbocycles. The van der Waals surface area contributed by atoms with Gasteiger partial charge in [0.25, 0.3) is 5.56 Å². The highest BCUT2D eigenvalue weighted by Crippen LogP contribution is 2.11. The molecule has 0 unspecified atom stereocenters. The molecule has 2 N–H and O–H groups in total. The first kappa shape index (κ1) is 12.0. The number of H-pyrrole nitrogens is 1. The monoisotopic (exact) mass is 242 g/mol. The molecule has 1 aromatic heterocycles. The minimum atomic E-state index is -0.625. The van der Waals surface area contributed by atoms with Gasteiger partial charge in [-0.1, -0.05) is 0 Å². The fraction of sp³-hybridized carbons (Fsp3) is 0.600. The zero-order valence-electron chi connectivity index (χ0n) is 9.38. The SMILES string of the molecule is Cc1cn(C[C@@H]2CO[C@@H](CO)O2)c(=O)[nH]c1=O. The van der Waals surface area contributed by atoms with Gasteiger partial charge in [-0.25, -0.2) is 4.79 Å². The van der Waals surface area contributed by atoms with Crippen LogP contribution in [0.4, 0.5) is 0 Å². The van der Waals surface area contributed by atoms with Crippen LogP contribution < -0.4 is 11.2 Å². The van der Waals surface area contributed by atoms with Crippen LogP contribution in [0.2, 0.25) is 0 Å². The van der Waals surface area contributed by atoms with Gasteiger partial charge in [-0.15, -0.1) is 0 Å². The van der Waals surface area contributed by atoms with Crippen molar-refractivity contribution in [2.45, 2.75) is 25.9 Å². The summed E-state index contributed by atoms with van der Waals surface area (Å²) in [4.78, 5) is 24.9. The van der Waals surface area contributed by atoms with Crippen LogP contribution in [0.15, 0.2) is 15.8 Å². The lowest BCUT2D eigenvalue weighted by atomic mass is 10.3. The summed E-state index contributed by atoms with van der Waals surface area (Å²) in [6, 6.07) is 0. The van der Waals surface area contributed by atoms with E-state index < -0.39 is 12.0 Å². The molecule has 0 radical (unpaired) electrons. The highest BCUT2D eigenvalue weighted by molar-refractivity contribution is 5.00. The summed E-state index contributed by atoms with van der Waals surface area (Å²) in [6.45, 7) is 2.01. The number of nitrogens with zero attached hydrogens (tertiary/aromatic N) is 1. The van der Waals surface area contributed by atoms with Crippen LogP contribution >= 0.6 is 0 Å². The molecule has 7 heteroatoms. The lowest BCUT2D eigenvalue weighted by molar-refractivity contribution is -0.0893. The number of aryl methyl sites for hydroxylation is 1. The number of hydrogen-bond donors (Lipinski definition) is 2. The average Bonchev–Trinajstić information content (AvgIpc) is 2.73. The summed E-state index contributed by atoms with van der Waals surface area (Å²) in [6.07, 6.45) is 0.561. The van der Waals surface area contributed by atoms with Crippen molar-refractivity contribution in [2.24, 2.45) is 0 Å². The quantitative estimate of drug-likeness (QED) is 0.678. The van der Waals surface area contributed by atoms with Crippen molar-refractivity contribution in [3.05, 3.63) is 32.6 Å². The Bertz CT molecular complexity index is 506. The predicted molar refractivity (Wildman–Crippen MR) is 57.8 cm³/mol. The van der Waals surface area contributed by atoms with E-state index >= 15 is 0 Å². The summed E-state index contributed by atoms with van der Waals surface area (Å²) in [5.74, 6) is 0. The second kappa shape index (κ2) is 4.82. The summed E-state index contributed by atoms with van der Waals surface area (Å²) in [7, 11) is 0. The minimum absolute atomic E-state index is 0.212. The molecule has 0 bridgehead atoms. The smallest absolute Gasteiger partial charge is 0.328 e. The van der Waals surface area contributed by atoms with E-state index in [-0.39, 0.29) is 24.8 Å². The third kappa shape index (κ3) is 2.63. The van der Waals surface area contributed by atoms with Crippen LogP contribution in [0, 0.1) is 6.92 Å². The van der Waals surface area contributed by atoms with Gasteiger partial charge < -0.3 is 14.6 Å². The molecule has 1 fully saturated rings. The normalized spacial score (nSPS) is 24.1. The van der Waals surface area contributed by atoms with Gasteiger partial charge in [-0.05, 0) is 6.92 Å². The maximum absolute atomic E-state index is 11.5. The van der Waals surface area contributed by atoms with E-state index in [1.165, 1.54) is 10.8 Å². The Morgan fingerprint density at radius 1 is 1.59 bits per heavy atom. The molecule has 2 heterocycles. The molecule has 2 atom stereocenters. The molecule has 2 rings (SSSR count). The number of aromatic amines is 1. The van der Waals surface area contributed by atoms with Gasteiger partial charge in [0, 0.05) is 11.8 Å². The van der Waals surface area contributed by atoms with E-state index in [0.717, 1.165) is 0 Å². The number of aliphatic hydroxyl groups is 1. The third-order valence-electron chi connectivity index (χ3n) is 2.55. The second-order valence-corrected chi connectivity index (χ2v) is 3.93. The maximum Gasteiger partial charge on any atom is 0.328 e. The molecule has 0 aromatic carbocycles. The highest BCUT2D eigenvalue weighted by atomic mass is 16.7. The van der Waals surface area contributed by atoms with Gasteiger partial charge in [-0.2, -0.15) is 0 Å². The van der Waals surface area contributed by atoms with E-state index in [4.69, 9.17) is 14.6 Å². The third-order valence-corrected chi connectivity index (χ3v) is 2.55. The molecule has 0 spiro atoms. The predicted octanol–water partition coefficient (Wildman–Crippen LogP) is -1.42. The van der Waals surface area contributed by atoms with Crippen molar-refractivity contribution in [1.29, 1.82) is 0 Å². The van der Waals surface area contributed by atoms with Crippen LogP contribution in [0.25, 0.3) is 0 Å². The zero-order chi connectivity index (χ0) is 12.4. The number of rotatable bonds is 3. The van der Waals surface area contributed by atoms with Gasteiger partial charge in [0.05, 0.1) is 19.8 Å². The molecule has 1 aliphatic rings. The van der Waals surface area contributed by atoms with Crippen molar-refractivity contribution in [2.75, 3.05) is 13.2 Å². The summed E-state index contributed by atoms with van der Waals surface area (Å²) in [5.41, 5.74) is -0.401. The zero-order valence-corrected chi connectivity index (χ0v) is 9.38. The molecule has 0 aliphatic carbocycles. The van der Waals surface area contributed by atoms with Crippen LogP contribution in [0.1, 0.15) is 5.56 Å². The Balaban J connectivity index is 2.12. The Kier molecular flexibility index (Phi) is 3.41. The van der Waals surface area contributed by atoms with Gasteiger partial charge in [0.2, 0.25) is 0 Å². The van der Waals surface area contributed by atoms with E-state index in [1.807, 2.05) is 0 Å². The second-order valence-electron chi connectivity index (χ2n) is 3.93. The topological polar surface area (TPSA) is 93.6 Å². The van der Waals surface area contributed by atoms with Crippen molar-refractivity contribution in [1.82, 2.24) is 9.55 Å². The Morgan fingerprint density at radius 3 is 3.00 bits per heavy atom. The molecular formula is C10H14N2O5. The van der Waals surface area contributed by atoms with E-state index in [0.29, 0.717) is 12.2 Å². The highest BCUT2D eigenvalue weighted by Gasteiger charge is 2.25. The molecule has 7 nitrogen and oxygen atoms in total. The number of aromatic nitrogens is 2. The van der Waals surface area contributed by atoms with E-state index in [1.54, 1.807) is 6.92 Å². The van der Waals surface area contributed by atoms with Crippen LogP contribution in [-0.2, 0) is 16.0 Å². The van der Waals surface area contributed by atoms with Crippen LogP contribution in [-0.4, -0.2) is 40.3 Å². The van der Waals surface area contributed by atoms with Crippen LogP contribution in [0.5, 0.6) is 0 Å². The summed E-state index contributed by atoms with van der Waals surface area (Å²) >= 11 is 0. The number of nitrogens with one attached hydrogen (secondary N) is 1. The first-order chi connectivity index (χ1) is 8.10. The van der Waals surface area contributed by atoms with Gasteiger partial charge in [-0.3, -0.25) is 14.3 Å². The van der Waals surface area contributed by atoms with Crippen molar-refractivity contribution in [3.63, 3.8) is 0 Å². The summed E-state index contributed by atoms with van der Waals surface area (Å²) < 4.78 is 11.8. The fourth-order valence-corrected chi connectivity index (χ4v) is 1.67. The average molecular weight is 242 g/mol. The van der Waals surface area contributed by atoms with E-state index in [2.05, 4.69) is 4.98 Å².